The summed E-state index contributed by atoms with van der Waals surface area (Å²) < 4.78 is 103. The van der Waals surface area contributed by atoms with E-state index in [-0.39, 0.29) is 59.8 Å². The maximum atomic E-state index is 9.49. The zero-order chi connectivity index (χ0) is 53.3. The first-order chi connectivity index (χ1) is 37.7. The third kappa shape index (κ3) is 6.52. The average molecular weight is 1080 g/mol. The van der Waals surface area contributed by atoms with Gasteiger partial charge in [0.05, 0.1) is 30.4 Å². The van der Waals surface area contributed by atoms with E-state index in [1.807, 2.05) is 83.6 Å². The van der Waals surface area contributed by atoms with Crippen LogP contribution < -0.4 is 9.30 Å². The van der Waals surface area contributed by atoms with Gasteiger partial charge in [0.15, 0.2) is 0 Å². The first kappa shape index (κ1) is 32.3. The van der Waals surface area contributed by atoms with Gasteiger partial charge in [-0.1, -0.05) is 121 Å². The van der Waals surface area contributed by atoms with Crippen molar-refractivity contribution < 1.29 is 44.1 Å². The van der Waals surface area contributed by atoms with Gasteiger partial charge >= 0.3 is 0 Å². The molecule has 6 bridgehead atoms. The Balaban J connectivity index is 0.00000564. The van der Waals surface area contributed by atoms with Gasteiger partial charge in [0.1, 0.15) is 5.82 Å². The molecule has 17 rings (SSSR count). The van der Waals surface area contributed by atoms with Crippen molar-refractivity contribution in [3.8, 4) is 50.9 Å². The smallest absolute Gasteiger partial charge is 0.268 e. The van der Waals surface area contributed by atoms with Crippen LogP contribution in [0.15, 0.2) is 170 Å². The fraction of sp³-hybridized carbons (Fsp3) is 0.238. The summed E-state index contributed by atoms with van der Waals surface area (Å²) in [6, 6.07) is 36.1. The molecule has 7 saturated carbocycles. The summed E-state index contributed by atoms with van der Waals surface area (Å²) in [5.74, 6) is 4.07. The number of imidazole rings is 1. The minimum atomic E-state index is -0.534. The molecule has 7 fully saturated rings. The van der Waals surface area contributed by atoms with E-state index in [4.69, 9.17) is 17.9 Å². The van der Waals surface area contributed by atoms with Gasteiger partial charge in [-0.05, 0) is 155 Å². The molecule has 5 nitrogen and oxygen atoms in total. The number of benzene rings is 7. The van der Waals surface area contributed by atoms with Crippen molar-refractivity contribution in [3.63, 3.8) is 0 Å². The Morgan fingerprint density at radius 1 is 0.594 bits per heavy atom. The van der Waals surface area contributed by atoms with E-state index in [0.717, 1.165) is 77.6 Å². The molecule has 0 saturated heterocycles. The van der Waals surface area contributed by atoms with E-state index >= 15 is 0 Å². The SMILES string of the molecule is [2H]c1c([2H])c([2H])c(-c2cc(C34CC5CC(CC(C5)C3)C4)cc(-c3c([2H])c([2H])c([2H])c([2H])c3[2H])c2-[n+]2[c-]n(-c3[c-]c(Oc4[c-]c5c(cc4)c4ccccc4n5-c4cc(C56CC(C5)C6)ccn4)ccc3)c3ccccc32)c([2H])c1[2H].[Pt]. The van der Waals surface area contributed by atoms with E-state index in [1.54, 1.807) is 4.57 Å². The minimum absolute atomic E-state index is 0. The number of hydrogen-bond donors (Lipinski definition) is 0. The molecule has 0 aliphatic heterocycles. The van der Waals surface area contributed by atoms with Crippen molar-refractivity contribution in [3.05, 3.63) is 199 Å². The van der Waals surface area contributed by atoms with Gasteiger partial charge in [-0.2, -0.15) is 18.2 Å². The summed E-state index contributed by atoms with van der Waals surface area (Å²) in [5, 5.41) is 2.10. The first-order valence-electron chi connectivity index (χ1n) is 29.1. The molecule has 0 amide bonds. The maximum Gasteiger partial charge on any atom is 0.268 e. The fourth-order valence-electron chi connectivity index (χ4n) is 13.8. The molecule has 0 N–H and O–H groups in total. The molecule has 3 heterocycles. The van der Waals surface area contributed by atoms with Crippen molar-refractivity contribution in [1.82, 2.24) is 14.1 Å². The van der Waals surface area contributed by atoms with E-state index in [2.05, 4.69) is 53.4 Å². The molecule has 0 atom stereocenters. The van der Waals surface area contributed by atoms with Crippen LogP contribution >= 0.6 is 0 Å². The topological polar surface area (TPSA) is 35.9 Å². The Kier molecular flexibility index (Phi) is 7.37. The summed E-state index contributed by atoms with van der Waals surface area (Å²) in [5.41, 5.74) is 6.46. The van der Waals surface area contributed by atoms with E-state index in [0.29, 0.717) is 46.0 Å². The second kappa shape index (κ2) is 15.7. The summed E-state index contributed by atoms with van der Waals surface area (Å²) in [6.07, 6.45) is 15.4. The van der Waals surface area contributed by atoms with Crippen LogP contribution in [0.3, 0.4) is 0 Å². The van der Waals surface area contributed by atoms with Crippen LogP contribution in [-0.2, 0) is 31.9 Å². The first-order valence-corrected chi connectivity index (χ1v) is 24.1. The van der Waals surface area contributed by atoms with Gasteiger partial charge in [0.25, 0.3) is 6.33 Å². The largest absolute Gasteiger partial charge is 0.510 e. The van der Waals surface area contributed by atoms with Gasteiger partial charge in [-0.15, -0.1) is 29.7 Å². The molecule has 340 valence electrons. The summed E-state index contributed by atoms with van der Waals surface area (Å²) in [6.45, 7) is 0. The van der Waals surface area contributed by atoms with Crippen LogP contribution in [0.2, 0.25) is 0 Å². The van der Waals surface area contributed by atoms with Gasteiger partial charge < -0.3 is 13.9 Å². The number of aromatic nitrogens is 4. The van der Waals surface area contributed by atoms with Crippen LogP contribution in [0.5, 0.6) is 11.5 Å². The number of hydrogen-bond acceptors (Lipinski definition) is 2. The zero-order valence-corrected chi connectivity index (χ0v) is 39.9. The second-order valence-corrected chi connectivity index (χ2v) is 20.5. The number of ether oxygens (including phenoxy) is 1. The number of pyridine rings is 1. The van der Waals surface area contributed by atoms with Crippen molar-refractivity contribution in [1.29, 1.82) is 0 Å². The van der Waals surface area contributed by atoms with Gasteiger partial charge in [-0.3, -0.25) is 4.57 Å². The number of nitrogens with zero attached hydrogens (tertiary/aromatic N) is 4. The average Bonchev–Trinajstić information content (AvgIpc) is 4.09. The maximum absolute atomic E-state index is 9.49. The Bertz CT molecular complexity index is 4060. The van der Waals surface area contributed by atoms with Gasteiger partial charge in [-0.25, -0.2) is 4.98 Å². The van der Waals surface area contributed by atoms with Gasteiger partial charge in [0.2, 0.25) is 0 Å². The molecule has 0 radical (unpaired) electrons. The molecule has 69 heavy (non-hydrogen) atoms. The van der Waals surface area contributed by atoms with Crippen molar-refractivity contribution in [2.75, 3.05) is 0 Å². The molecule has 7 aromatic carbocycles. The standard InChI is InChI=1S/C63H50N4O.Pt/c1-3-12-45(13-4-1)54-29-48(63-34-41-26-42(35-63)28-43(27-41)36-63)30-55(46-14-5-2-6-15-46)61(54)66-40-65(57-20-9-10-21-58(57)66)49-16-11-17-50(32-49)68-51-22-23-53-52-18-7-8-19-56(52)67(59(53)33-51)60-31-47(24-25-64-60)62-37-44(38-62)39-62;/h1-25,29-31,41-44H,26-28,34-39H2;/q-2;/i1D,2D,3D,4D,5D,6D,12D,13D,14D,15D;. The Labute approximate surface area is 431 Å². The third-order valence-corrected chi connectivity index (χ3v) is 16.5. The predicted molar refractivity (Wildman–Crippen MR) is 270 cm³/mol. The molecule has 6 heteroatoms. The fourth-order valence-corrected chi connectivity index (χ4v) is 13.8. The Morgan fingerprint density at radius 3 is 1.90 bits per heavy atom. The number of para-hydroxylation sites is 3. The van der Waals surface area contributed by atoms with Crippen LogP contribution in [-0.4, -0.2) is 14.1 Å². The Morgan fingerprint density at radius 2 is 1.22 bits per heavy atom. The predicted octanol–water partition coefficient (Wildman–Crippen LogP) is 14.4. The molecule has 7 aliphatic rings. The van der Waals surface area contributed by atoms with E-state index in [1.165, 1.54) is 24.8 Å². The van der Waals surface area contributed by atoms with Crippen molar-refractivity contribution in [2.24, 2.45) is 23.7 Å². The van der Waals surface area contributed by atoms with Crippen molar-refractivity contribution in [2.45, 2.75) is 68.6 Å². The van der Waals surface area contributed by atoms with Crippen molar-refractivity contribution >= 4 is 32.8 Å². The van der Waals surface area contributed by atoms with Crippen LogP contribution in [0.25, 0.3) is 72.3 Å². The monoisotopic (exact) mass is 1080 g/mol. The molecule has 0 unspecified atom stereocenters. The second-order valence-electron chi connectivity index (χ2n) is 20.5. The molecule has 7 aliphatic carbocycles. The summed E-state index contributed by atoms with van der Waals surface area (Å²) in [4.78, 5) is 4.91. The molecular formula is C63H50N4OPt-2. The van der Waals surface area contributed by atoms with Crippen LogP contribution in [0.4, 0.5) is 0 Å². The normalized spacial score (nSPS) is 26.0. The molecule has 0 spiro atoms. The van der Waals surface area contributed by atoms with Crippen LogP contribution in [0.1, 0.15) is 82.6 Å². The van der Waals surface area contributed by atoms with Gasteiger partial charge in [0, 0.05) is 44.3 Å². The van der Waals surface area contributed by atoms with Crippen LogP contribution in [0, 0.1) is 42.1 Å². The minimum Gasteiger partial charge on any atom is -0.510 e. The molecular weight excluding hydrogens is 1020 g/mol. The number of rotatable bonds is 9. The number of fused-ring (bicyclic) bond motifs is 4. The molecule has 3 aromatic heterocycles. The Hall–Kier alpha value is -6.55. The molecule has 10 aromatic rings. The zero-order valence-electron chi connectivity index (χ0n) is 47.6. The summed E-state index contributed by atoms with van der Waals surface area (Å²) in [7, 11) is 0. The van der Waals surface area contributed by atoms with E-state index in [9.17, 15) is 5.48 Å². The third-order valence-electron chi connectivity index (χ3n) is 16.5. The van der Waals surface area contributed by atoms with E-state index < -0.39 is 60.4 Å². The quantitative estimate of drug-likeness (QED) is 0.107. The summed E-state index contributed by atoms with van der Waals surface area (Å²) >= 11 is 0.